The zero-order valence-electron chi connectivity index (χ0n) is 10.3. The molecule has 6 nitrogen and oxygen atoms in total. The summed E-state index contributed by atoms with van der Waals surface area (Å²) >= 11 is 1.57. The Balaban J connectivity index is 1.99. The molecule has 1 aromatic carbocycles. The van der Waals surface area contributed by atoms with Gasteiger partial charge in [-0.25, -0.2) is 4.98 Å². The molecule has 19 heavy (non-hydrogen) atoms. The minimum atomic E-state index is -0.392. The quantitative estimate of drug-likeness (QED) is 0.686. The second-order valence-corrected chi connectivity index (χ2v) is 5.64. The summed E-state index contributed by atoms with van der Waals surface area (Å²) in [6.07, 6.45) is 2.21. The third kappa shape index (κ3) is 2.15. The van der Waals surface area contributed by atoms with E-state index in [1.54, 1.807) is 17.4 Å². The standard InChI is InChI=1S/C12H14N4O2S/c13-7-9-2-1-5-15(9)12-14-10-6-8(16(17)18)3-4-11(10)19-12/h3-4,6,9H,1-2,5,7,13H2/t9-/m1/s1. The van der Waals surface area contributed by atoms with E-state index < -0.39 is 4.92 Å². The first-order valence-electron chi connectivity index (χ1n) is 6.21. The minimum Gasteiger partial charge on any atom is -0.344 e. The number of fused-ring (bicyclic) bond motifs is 1. The van der Waals surface area contributed by atoms with Crippen LogP contribution in [-0.4, -0.2) is 29.0 Å². The maximum Gasteiger partial charge on any atom is 0.271 e. The fourth-order valence-corrected chi connectivity index (χ4v) is 3.52. The highest BCUT2D eigenvalue weighted by atomic mass is 32.1. The Hall–Kier alpha value is -1.73. The highest BCUT2D eigenvalue weighted by Gasteiger charge is 2.26. The number of nitrogens with two attached hydrogens (primary N) is 1. The van der Waals surface area contributed by atoms with Gasteiger partial charge in [0.15, 0.2) is 5.13 Å². The van der Waals surface area contributed by atoms with Gasteiger partial charge in [0.1, 0.15) is 0 Å². The van der Waals surface area contributed by atoms with E-state index in [-0.39, 0.29) is 5.69 Å². The molecule has 0 bridgehead atoms. The lowest BCUT2D eigenvalue weighted by molar-refractivity contribution is -0.384. The van der Waals surface area contributed by atoms with E-state index in [0.29, 0.717) is 18.1 Å². The van der Waals surface area contributed by atoms with Gasteiger partial charge in [0.25, 0.3) is 5.69 Å². The Labute approximate surface area is 114 Å². The average Bonchev–Trinajstić information content (AvgIpc) is 3.03. The van der Waals surface area contributed by atoms with Gasteiger partial charge in [-0.2, -0.15) is 0 Å². The van der Waals surface area contributed by atoms with Crippen molar-refractivity contribution in [2.24, 2.45) is 5.73 Å². The van der Waals surface area contributed by atoms with Crippen molar-refractivity contribution in [2.45, 2.75) is 18.9 Å². The summed E-state index contributed by atoms with van der Waals surface area (Å²) in [6, 6.07) is 5.16. The fraction of sp³-hybridized carbons (Fsp3) is 0.417. The molecular formula is C12H14N4O2S. The minimum absolute atomic E-state index is 0.0844. The number of rotatable bonds is 3. The molecule has 3 rings (SSSR count). The lowest BCUT2D eigenvalue weighted by Crippen LogP contribution is -2.35. The topological polar surface area (TPSA) is 85.3 Å². The lowest BCUT2D eigenvalue weighted by Gasteiger charge is -2.22. The van der Waals surface area contributed by atoms with Gasteiger partial charge >= 0.3 is 0 Å². The summed E-state index contributed by atoms with van der Waals surface area (Å²) in [4.78, 5) is 17.1. The first-order valence-corrected chi connectivity index (χ1v) is 7.02. The third-order valence-corrected chi connectivity index (χ3v) is 4.54. The maximum atomic E-state index is 10.8. The van der Waals surface area contributed by atoms with Crippen LogP contribution < -0.4 is 10.6 Å². The molecule has 0 unspecified atom stereocenters. The average molecular weight is 278 g/mol. The molecule has 2 heterocycles. The van der Waals surface area contributed by atoms with Crippen molar-refractivity contribution in [3.8, 4) is 0 Å². The molecule has 1 fully saturated rings. The molecular weight excluding hydrogens is 264 g/mol. The van der Waals surface area contributed by atoms with Gasteiger partial charge in [-0.15, -0.1) is 0 Å². The Bertz CT molecular complexity index is 627. The molecule has 0 amide bonds. The van der Waals surface area contributed by atoms with Crippen LogP contribution in [0.2, 0.25) is 0 Å². The summed E-state index contributed by atoms with van der Waals surface area (Å²) in [5.41, 5.74) is 6.54. The van der Waals surface area contributed by atoms with Crippen LogP contribution in [0.5, 0.6) is 0 Å². The highest BCUT2D eigenvalue weighted by molar-refractivity contribution is 7.22. The Morgan fingerprint density at radius 3 is 3.16 bits per heavy atom. The second-order valence-electron chi connectivity index (χ2n) is 4.63. The predicted molar refractivity (Wildman–Crippen MR) is 75.7 cm³/mol. The van der Waals surface area contributed by atoms with E-state index >= 15 is 0 Å². The lowest BCUT2D eigenvalue weighted by atomic mass is 10.2. The first kappa shape index (κ1) is 12.3. The van der Waals surface area contributed by atoms with Gasteiger partial charge in [-0.05, 0) is 18.9 Å². The molecule has 1 saturated heterocycles. The molecule has 0 radical (unpaired) electrons. The van der Waals surface area contributed by atoms with Gasteiger partial charge in [0.05, 0.1) is 15.1 Å². The van der Waals surface area contributed by atoms with Crippen LogP contribution in [0.3, 0.4) is 0 Å². The summed E-state index contributed by atoms with van der Waals surface area (Å²) in [7, 11) is 0. The van der Waals surface area contributed by atoms with Crippen LogP contribution in [-0.2, 0) is 0 Å². The summed E-state index contributed by atoms with van der Waals surface area (Å²) in [5, 5.41) is 11.7. The monoisotopic (exact) mass is 278 g/mol. The van der Waals surface area contributed by atoms with E-state index in [1.807, 2.05) is 0 Å². The fourth-order valence-electron chi connectivity index (χ4n) is 2.47. The molecule has 0 aliphatic carbocycles. The van der Waals surface area contributed by atoms with Crippen molar-refractivity contribution in [1.82, 2.24) is 4.98 Å². The van der Waals surface area contributed by atoms with E-state index in [4.69, 9.17) is 5.73 Å². The van der Waals surface area contributed by atoms with Gasteiger partial charge in [-0.1, -0.05) is 11.3 Å². The number of non-ortho nitro benzene ring substituents is 1. The first-order chi connectivity index (χ1) is 9.19. The number of benzene rings is 1. The van der Waals surface area contributed by atoms with Crippen molar-refractivity contribution in [1.29, 1.82) is 0 Å². The maximum absolute atomic E-state index is 10.8. The molecule has 2 aromatic rings. The number of nitro benzene ring substituents is 1. The number of nitro groups is 1. The van der Waals surface area contributed by atoms with Crippen molar-refractivity contribution in [2.75, 3.05) is 18.0 Å². The van der Waals surface area contributed by atoms with Crippen molar-refractivity contribution < 1.29 is 4.92 Å². The molecule has 1 aliphatic heterocycles. The van der Waals surface area contributed by atoms with Crippen LogP contribution in [0.15, 0.2) is 18.2 Å². The second kappa shape index (κ2) is 4.75. The normalized spacial score (nSPS) is 19.2. The van der Waals surface area contributed by atoms with Crippen LogP contribution >= 0.6 is 11.3 Å². The van der Waals surface area contributed by atoms with Gasteiger partial charge in [0, 0.05) is 31.3 Å². The van der Waals surface area contributed by atoms with Gasteiger partial charge in [-0.3, -0.25) is 10.1 Å². The SMILES string of the molecule is NC[C@H]1CCCN1c1nc2cc([N+](=O)[O-])ccc2s1. The highest BCUT2D eigenvalue weighted by Crippen LogP contribution is 2.34. The number of thiazole rings is 1. The molecule has 0 spiro atoms. The number of hydrogen-bond donors (Lipinski definition) is 1. The number of aromatic nitrogens is 1. The van der Waals surface area contributed by atoms with Crippen LogP contribution in [0.1, 0.15) is 12.8 Å². The zero-order valence-corrected chi connectivity index (χ0v) is 11.1. The van der Waals surface area contributed by atoms with Crippen LogP contribution in [0, 0.1) is 10.1 Å². The number of anilines is 1. The Kier molecular flexibility index (Phi) is 3.08. The molecule has 1 atom stereocenters. The molecule has 1 aromatic heterocycles. The molecule has 2 N–H and O–H groups in total. The van der Waals surface area contributed by atoms with E-state index in [2.05, 4.69) is 9.88 Å². The summed E-state index contributed by atoms with van der Waals surface area (Å²) in [6.45, 7) is 1.58. The van der Waals surface area contributed by atoms with E-state index in [1.165, 1.54) is 12.1 Å². The van der Waals surface area contributed by atoms with Crippen molar-refractivity contribution in [3.05, 3.63) is 28.3 Å². The van der Waals surface area contributed by atoms with Gasteiger partial charge < -0.3 is 10.6 Å². The van der Waals surface area contributed by atoms with Crippen molar-refractivity contribution in [3.63, 3.8) is 0 Å². The predicted octanol–water partition coefficient (Wildman–Crippen LogP) is 2.13. The van der Waals surface area contributed by atoms with Crippen LogP contribution in [0.25, 0.3) is 10.2 Å². The number of hydrogen-bond acceptors (Lipinski definition) is 6. The molecule has 100 valence electrons. The van der Waals surface area contributed by atoms with Crippen molar-refractivity contribution >= 4 is 32.4 Å². The smallest absolute Gasteiger partial charge is 0.271 e. The molecule has 7 heteroatoms. The van der Waals surface area contributed by atoms with Crippen LogP contribution in [0.4, 0.5) is 10.8 Å². The summed E-state index contributed by atoms with van der Waals surface area (Å²) < 4.78 is 0.975. The Morgan fingerprint density at radius 1 is 1.58 bits per heavy atom. The number of nitrogens with zero attached hydrogens (tertiary/aromatic N) is 3. The van der Waals surface area contributed by atoms with E-state index in [0.717, 1.165) is 29.2 Å². The summed E-state index contributed by atoms with van der Waals surface area (Å²) in [5.74, 6) is 0. The Morgan fingerprint density at radius 2 is 2.42 bits per heavy atom. The van der Waals surface area contributed by atoms with Gasteiger partial charge in [0.2, 0.25) is 0 Å². The third-order valence-electron chi connectivity index (χ3n) is 3.47. The van der Waals surface area contributed by atoms with E-state index in [9.17, 15) is 10.1 Å². The largest absolute Gasteiger partial charge is 0.344 e. The molecule has 1 aliphatic rings. The molecule has 0 saturated carbocycles. The zero-order chi connectivity index (χ0) is 13.4.